The molecule has 1 unspecified atom stereocenters. The van der Waals surface area contributed by atoms with Gasteiger partial charge in [0, 0.05) is 13.2 Å². The van der Waals surface area contributed by atoms with E-state index in [1.807, 2.05) is 0 Å². The second-order valence-corrected chi connectivity index (χ2v) is 5.96. The molecule has 0 saturated heterocycles. The summed E-state index contributed by atoms with van der Waals surface area (Å²) in [7, 11) is 1.56. The molecule has 1 aromatic heterocycles. The average molecular weight is 333 g/mol. The van der Waals surface area contributed by atoms with Crippen LogP contribution in [0.25, 0.3) is 0 Å². The van der Waals surface area contributed by atoms with Crippen molar-refractivity contribution in [3.05, 3.63) is 59.3 Å². The number of methoxy groups -OCH3 is 1. The monoisotopic (exact) mass is 333 g/mol. The molecular weight excluding hydrogens is 313 g/mol. The SMILES string of the molecule is COCc1ccc(C(=O)N(CC(O)c2ccc(F)cc2)C2CC2)o1. The van der Waals surface area contributed by atoms with Gasteiger partial charge in [0.25, 0.3) is 5.91 Å². The van der Waals surface area contributed by atoms with Crippen LogP contribution in [0.2, 0.25) is 0 Å². The molecule has 3 rings (SSSR count). The van der Waals surface area contributed by atoms with Gasteiger partial charge >= 0.3 is 0 Å². The first kappa shape index (κ1) is 16.7. The number of hydrogen-bond acceptors (Lipinski definition) is 4. The maximum atomic E-state index is 13.0. The number of halogens is 1. The Morgan fingerprint density at radius 1 is 1.33 bits per heavy atom. The van der Waals surface area contributed by atoms with Crippen LogP contribution in [0.5, 0.6) is 0 Å². The second-order valence-electron chi connectivity index (χ2n) is 5.96. The van der Waals surface area contributed by atoms with E-state index < -0.39 is 6.10 Å². The van der Waals surface area contributed by atoms with Gasteiger partial charge in [0.05, 0.1) is 12.6 Å². The van der Waals surface area contributed by atoms with E-state index in [1.165, 1.54) is 24.3 Å². The van der Waals surface area contributed by atoms with E-state index >= 15 is 0 Å². The van der Waals surface area contributed by atoms with Crippen molar-refractivity contribution in [2.45, 2.75) is 31.6 Å². The highest BCUT2D eigenvalue weighted by Crippen LogP contribution is 2.30. The van der Waals surface area contributed by atoms with Crippen LogP contribution in [0.1, 0.15) is 40.8 Å². The molecule has 0 radical (unpaired) electrons. The molecule has 1 amide bonds. The van der Waals surface area contributed by atoms with E-state index in [0.717, 1.165) is 12.8 Å². The summed E-state index contributed by atoms with van der Waals surface area (Å²) in [5.74, 6) is 0.208. The van der Waals surface area contributed by atoms with Gasteiger partial charge < -0.3 is 19.2 Å². The lowest BCUT2D eigenvalue weighted by atomic mass is 10.1. The maximum absolute atomic E-state index is 13.0. The van der Waals surface area contributed by atoms with E-state index in [0.29, 0.717) is 17.9 Å². The van der Waals surface area contributed by atoms with Crippen molar-refractivity contribution in [3.63, 3.8) is 0 Å². The molecule has 1 aromatic carbocycles. The number of amides is 1. The lowest BCUT2D eigenvalue weighted by Crippen LogP contribution is -2.36. The summed E-state index contributed by atoms with van der Waals surface area (Å²) in [6.45, 7) is 0.449. The number of furan rings is 1. The summed E-state index contributed by atoms with van der Waals surface area (Å²) in [5, 5.41) is 10.4. The fourth-order valence-electron chi connectivity index (χ4n) is 2.61. The van der Waals surface area contributed by atoms with E-state index in [9.17, 15) is 14.3 Å². The molecule has 0 aliphatic heterocycles. The molecule has 1 heterocycles. The first-order valence-corrected chi connectivity index (χ1v) is 7.90. The van der Waals surface area contributed by atoms with Gasteiger partial charge in [0.1, 0.15) is 18.2 Å². The Morgan fingerprint density at radius 2 is 2.04 bits per heavy atom. The zero-order valence-corrected chi connectivity index (χ0v) is 13.4. The van der Waals surface area contributed by atoms with E-state index in [1.54, 1.807) is 24.1 Å². The Bertz CT molecular complexity index is 693. The summed E-state index contributed by atoms with van der Waals surface area (Å²) < 4.78 is 23.5. The summed E-state index contributed by atoms with van der Waals surface area (Å²) in [5.41, 5.74) is 0.578. The van der Waals surface area contributed by atoms with Crippen LogP contribution < -0.4 is 0 Å². The number of rotatable bonds is 7. The minimum atomic E-state index is -0.872. The molecule has 5 nitrogen and oxygen atoms in total. The summed E-state index contributed by atoms with van der Waals surface area (Å²) in [6, 6.07) is 9.09. The normalized spacial score (nSPS) is 15.3. The van der Waals surface area contributed by atoms with Crippen LogP contribution in [0, 0.1) is 5.82 Å². The predicted octanol–water partition coefficient (Wildman–Crippen LogP) is 2.90. The summed E-state index contributed by atoms with van der Waals surface area (Å²) in [4.78, 5) is 14.3. The molecule has 2 aromatic rings. The molecule has 0 spiro atoms. The molecule has 1 fully saturated rings. The standard InChI is InChI=1S/C18H20FNO4/c1-23-11-15-8-9-17(24-15)18(22)20(14-6-7-14)10-16(21)12-2-4-13(19)5-3-12/h2-5,8-9,14,16,21H,6-7,10-11H2,1H3. The third-order valence-electron chi connectivity index (χ3n) is 4.03. The van der Waals surface area contributed by atoms with E-state index in [-0.39, 0.29) is 30.1 Å². The van der Waals surface area contributed by atoms with Gasteiger partial charge in [-0.05, 0) is 42.7 Å². The predicted molar refractivity (Wildman–Crippen MR) is 84.8 cm³/mol. The quantitative estimate of drug-likeness (QED) is 0.846. The Kier molecular flexibility index (Phi) is 4.97. The Balaban J connectivity index is 1.71. The number of carbonyl (C=O) groups is 1. The first-order chi connectivity index (χ1) is 11.6. The molecular formula is C18H20FNO4. The van der Waals surface area contributed by atoms with Crippen LogP contribution in [0.15, 0.2) is 40.8 Å². The van der Waals surface area contributed by atoms with Crippen molar-refractivity contribution in [3.8, 4) is 0 Å². The number of carbonyl (C=O) groups excluding carboxylic acids is 1. The molecule has 1 aliphatic rings. The Labute approximate surface area is 139 Å². The molecule has 6 heteroatoms. The highest BCUT2D eigenvalue weighted by atomic mass is 19.1. The van der Waals surface area contributed by atoms with Crippen LogP contribution >= 0.6 is 0 Å². The van der Waals surface area contributed by atoms with Crippen LogP contribution in [0.4, 0.5) is 4.39 Å². The smallest absolute Gasteiger partial charge is 0.289 e. The molecule has 128 valence electrons. The van der Waals surface area contributed by atoms with Crippen molar-refractivity contribution in [1.29, 1.82) is 0 Å². The number of nitrogens with zero attached hydrogens (tertiary/aromatic N) is 1. The Hall–Kier alpha value is -2.18. The minimum Gasteiger partial charge on any atom is -0.453 e. The van der Waals surface area contributed by atoms with Crippen molar-refractivity contribution in [1.82, 2.24) is 4.90 Å². The molecule has 1 atom stereocenters. The fourth-order valence-corrected chi connectivity index (χ4v) is 2.61. The number of hydrogen-bond donors (Lipinski definition) is 1. The molecule has 1 saturated carbocycles. The average Bonchev–Trinajstić information content (AvgIpc) is 3.31. The highest BCUT2D eigenvalue weighted by Gasteiger charge is 2.35. The summed E-state index contributed by atoms with van der Waals surface area (Å²) >= 11 is 0. The minimum absolute atomic E-state index is 0.114. The van der Waals surface area contributed by atoms with Crippen LogP contribution in [0.3, 0.4) is 0 Å². The largest absolute Gasteiger partial charge is 0.453 e. The molecule has 1 N–H and O–H groups in total. The van der Waals surface area contributed by atoms with Crippen LogP contribution in [-0.2, 0) is 11.3 Å². The van der Waals surface area contributed by atoms with Crippen molar-refractivity contribution >= 4 is 5.91 Å². The number of benzene rings is 1. The third-order valence-corrected chi connectivity index (χ3v) is 4.03. The summed E-state index contributed by atoms with van der Waals surface area (Å²) in [6.07, 6.45) is 0.949. The van der Waals surface area contributed by atoms with Gasteiger partial charge in [-0.1, -0.05) is 12.1 Å². The Morgan fingerprint density at radius 3 is 2.67 bits per heavy atom. The third kappa shape index (κ3) is 3.83. The van der Waals surface area contributed by atoms with Crippen molar-refractivity contribution < 1.29 is 23.4 Å². The van der Waals surface area contributed by atoms with Crippen LogP contribution in [-0.4, -0.2) is 35.6 Å². The van der Waals surface area contributed by atoms with Gasteiger partial charge in [-0.2, -0.15) is 0 Å². The first-order valence-electron chi connectivity index (χ1n) is 7.90. The van der Waals surface area contributed by atoms with Gasteiger partial charge in [-0.25, -0.2) is 4.39 Å². The highest BCUT2D eigenvalue weighted by molar-refractivity contribution is 5.92. The topological polar surface area (TPSA) is 62.9 Å². The maximum Gasteiger partial charge on any atom is 0.289 e. The van der Waals surface area contributed by atoms with Crippen molar-refractivity contribution in [2.24, 2.45) is 0 Å². The number of aliphatic hydroxyl groups excluding tert-OH is 1. The lowest BCUT2D eigenvalue weighted by Gasteiger charge is -2.24. The number of aliphatic hydroxyl groups is 1. The molecule has 0 bridgehead atoms. The van der Waals surface area contributed by atoms with Gasteiger partial charge in [0.15, 0.2) is 5.76 Å². The molecule has 24 heavy (non-hydrogen) atoms. The van der Waals surface area contributed by atoms with Crippen molar-refractivity contribution in [2.75, 3.05) is 13.7 Å². The zero-order valence-electron chi connectivity index (χ0n) is 13.4. The number of ether oxygens (including phenoxy) is 1. The second kappa shape index (κ2) is 7.15. The lowest BCUT2D eigenvalue weighted by molar-refractivity contribution is 0.0567. The van der Waals surface area contributed by atoms with E-state index in [4.69, 9.17) is 9.15 Å². The fraction of sp³-hybridized carbons (Fsp3) is 0.389. The van der Waals surface area contributed by atoms with Gasteiger partial charge in [-0.15, -0.1) is 0 Å². The zero-order chi connectivity index (χ0) is 17.1. The van der Waals surface area contributed by atoms with Gasteiger partial charge in [-0.3, -0.25) is 4.79 Å². The van der Waals surface area contributed by atoms with E-state index in [2.05, 4.69) is 0 Å². The van der Waals surface area contributed by atoms with Gasteiger partial charge in [0.2, 0.25) is 0 Å². The molecule has 1 aliphatic carbocycles.